The maximum absolute atomic E-state index is 3.56. The summed E-state index contributed by atoms with van der Waals surface area (Å²) in [6.45, 7) is 17.7. The molecule has 1 rings (SSSR count). The minimum atomic E-state index is 0.709. The molecule has 0 aromatic heterocycles. The molecule has 18 heavy (non-hydrogen) atoms. The standard InChI is InChI=1S/C15H33N3/c1-5-9-16-11-15-8-10-18(13-15)14(4)12-17(6-2)7-3/h14-16H,5-13H2,1-4H3. The molecule has 1 aliphatic rings. The zero-order valence-electron chi connectivity index (χ0n) is 12.9. The topological polar surface area (TPSA) is 18.5 Å². The molecule has 2 unspecified atom stereocenters. The average molecular weight is 255 g/mol. The van der Waals surface area contributed by atoms with Crippen LogP contribution in [0.15, 0.2) is 0 Å². The normalized spacial score (nSPS) is 22.8. The summed E-state index contributed by atoms with van der Waals surface area (Å²) in [6.07, 6.45) is 2.62. The van der Waals surface area contributed by atoms with E-state index < -0.39 is 0 Å². The highest BCUT2D eigenvalue weighted by Crippen LogP contribution is 2.18. The highest BCUT2D eigenvalue weighted by molar-refractivity contribution is 4.82. The molecule has 108 valence electrons. The largest absolute Gasteiger partial charge is 0.316 e. The summed E-state index contributed by atoms with van der Waals surface area (Å²) in [5, 5.41) is 3.56. The first kappa shape index (κ1) is 15.9. The molecule has 1 fully saturated rings. The highest BCUT2D eigenvalue weighted by atomic mass is 15.2. The van der Waals surface area contributed by atoms with Crippen LogP contribution in [0.25, 0.3) is 0 Å². The number of likely N-dealkylation sites (tertiary alicyclic amines) is 1. The fraction of sp³-hybridized carbons (Fsp3) is 1.00. The maximum Gasteiger partial charge on any atom is 0.0195 e. The number of hydrogen-bond donors (Lipinski definition) is 1. The van der Waals surface area contributed by atoms with Gasteiger partial charge in [-0.05, 0) is 58.4 Å². The lowest BCUT2D eigenvalue weighted by molar-refractivity contribution is 0.176. The van der Waals surface area contributed by atoms with Crippen molar-refractivity contribution in [2.45, 2.75) is 46.6 Å². The second kappa shape index (κ2) is 8.89. The van der Waals surface area contributed by atoms with Crippen LogP contribution in [0.3, 0.4) is 0 Å². The second-order valence-corrected chi connectivity index (χ2v) is 5.69. The summed E-state index contributed by atoms with van der Waals surface area (Å²) < 4.78 is 0. The summed E-state index contributed by atoms with van der Waals surface area (Å²) >= 11 is 0. The number of rotatable bonds is 9. The molecule has 0 aliphatic carbocycles. The van der Waals surface area contributed by atoms with Crippen LogP contribution >= 0.6 is 0 Å². The Bertz CT molecular complexity index is 204. The second-order valence-electron chi connectivity index (χ2n) is 5.69. The van der Waals surface area contributed by atoms with E-state index in [0.717, 1.165) is 5.92 Å². The molecule has 3 nitrogen and oxygen atoms in total. The number of hydrogen-bond acceptors (Lipinski definition) is 3. The Balaban J connectivity index is 2.23. The molecule has 2 atom stereocenters. The van der Waals surface area contributed by atoms with Gasteiger partial charge in [0.15, 0.2) is 0 Å². The molecule has 1 heterocycles. The fourth-order valence-electron chi connectivity index (χ4n) is 2.88. The maximum atomic E-state index is 3.56. The van der Waals surface area contributed by atoms with Gasteiger partial charge in [-0.25, -0.2) is 0 Å². The lowest BCUT2D eigenvalue weighted by Gasteiger charge is -2.29. The third-order valence-electron chi connectivity index (χ3n) is 4.22. The molecule has 0 spiro atoms. The zero-order valence-corrected chi connectivity index (χ0v) is 12.9. The molecule has 0 amide bonds. The van der Waals surface area contributed by atoms with Gasteiger partial charge in [0.2, 0.25) is 0 Å². The van der Waals surface area contributed by atoms with Gasteiger partial charge in [-0.15, -0.1) is 0 Å². The van der Waals surface area contributed by atoms with E-state index in [2.05, 4.69) is 42.8 Å². The molecule has 0 bridgehead atoms. The van der Waals surface area contributed by atoms with Gasteiger partial charge in [0.25, 0.3) is 0 Å². The van der Waals surface area contributed by atoms with E-state index in [4.69, 9.17) is 0 Å². The van der Waals surface area contributed by atoms with Crippen LogP contribution < -0.4 is 5.32 Å². The summed E-state index contributed by atoms with van der Waals surface area (Å²) in [7, 11) is 0. The molecule has 1 aliphatic heterocycles. The lowest BCUT2D eigenvalue weighted by Crippen LogP contribution is -2.41. The van der Waals surface area contributed by atoms with Crippen molar-refractivity contribution >= 4 is 0 Å². The van der Waals surface area contributed by atoms with Gasteiger partial charge in [-0.1, -0.05) is 20.8 Å². The lowest BCUT2D eigenvalue weighted by atomic mass is 10.1. The van der Waals surface area contributed by atoms with Gasteiger partial charge in [-0.3, -0.25) is 4.90 Å². The van der Waals surface area contributed by atoms with Crippen molar-refractivity contribution in [1.29, 1.82) is 0 Å². The van der Waals surface area contributed by atoms with Crippen LogP contribution in [0.2, 0.25) is 0 Å². The first-order valence-corrected chi connectivity index (χ1v) is 7.88. The first-order chi connectivity index (χ1) is 8.71. The van der Waals surface area contributed by atoms with Crippen molar-refractivity contribution in [3.05, 3.63) is 0 Å². The first-order valence-electron chi connectivity index (χ1n) is 7.88. The van der Waals surface area contributed by atoms with Crippen molar-refractivity contribution in [3.8, 4) is 0 Å². The van der Waals surface area contributed by atoms with Gasteiger partial charge >= 0.3 is 0 Å². The molecule has 0 saturated carbocycles. The average Bonchev–Trinajstić information content (AvgIpc) is 2.85. The van der Waals surface area contributed by atoms with Crippen molar-refractivity contribution < 1.29 is 0 Å². The third-order valence-corrected chi connectivity index (χ3v) is 4.22. The van der Waals surface area contributed by atoms with E-state index in [0.29, 0.717) is 6.04 Å². The van der Waals surface area contributed by atoms with E-state index in [9.17, 15) is 0 Å². The van der Waals surface area contributed by atoms with Gasteiger partial charge in [0.05, 0.1) is 0 Å². The molecule has 0 aromatic carbocycles. The third kappa shape index (κ3) is 5.25. The van der Waals surface area contributed by atoms with Crippen molar-refractivity contribution in [1.82, 2.24) is 15.1 Å². The Morgan fingerprint density at radius 1 is 1.28 bits per heavy atom. The predicted molar refractivity (Wildman–Crippen MR) is 80.1 cm³/mol. The quantitative estimate of drug-likeness (QED) is 0.636. The van der Waals surface area contributed by atoms with Crippen LogP contribution in [0.5, 0.6) is 0 Å². The smallest absolute Gasteiger partial charge is 0.0195 e. The summed E-state index contributed by atoms with van der Waals surface area (Å²) in [5.41, 5.74) is 0. The minimum Gasteiger partial charge on any atom is -0.316 e. The van der Waals surface area contributed by atoms with Gasteiger partial charge in [0, 0.05) is 19.1 Å². The monoisotopic (exact) mass is 255 g/mol. The summed E-state index contributed by atoms with van der Waals surface area (Å²) in [4.78, 5) is 5.21. The van der Waals surface area contributed by atoms with Crippen molar-refractivity contribution in [2.75, 3.05) is 45.8 Å². The van der Waals surface area contributed by atoms with Crippen molar-refractivity contribution in [3.63, 3.8) is 0 Å². The van der Waals surface area contributed by atoms with Crippen LogP contribution in [0.4, 0.5) is 0 Å². The highest BCUT2D eigenvalue weighted by Gasteiger charge is 2.26. The van der Waals surface area contributed by atoms with Crippen LogP contribution in [0, 0.1) is 5.92 Å². The Hall–Kier alpha value is -0.120. The Kier molecular flexibility index (Phi) is 7.87. The number of nitrogens with zero attached hydrogens (tertiary/aromatic N) is 2. The van der Waals surface area contributed by atoms with Crippen LogP contribution in [0.1, 0.15) is 40.5 Å². The van der Waals surface area contributed by atoms with Gasteiger partial charge in [-0.2, -0.15) is 0 Å². The van der Waals surface area contributed by atoms with Gasteiger partial charge < -0.3 is 10.2 Å². The van der Waals surface area contributed by atoms with Gasteiger partial charge in [0.1, 0.15) is 0 Å². The van der Waals surface area contributed by atoms with E-state index in [1.807, 2.05) is 0 Å². The van der Waals surface area contributed by atoms with E-state index >= 15 is 0 Å². The molecular weight excluding hydrogens is 222 g/mol. The van der Waals surface area contributed by atoms with Crippen LogP contribution in [-0.2, 0) is 0 Å². The molecule has 1 saturated heterocycles. The Labute approximate surface area is 114 Å². The SMILES string of the molecule is CCCNCC1CCN(C(C)CN(CC)CC)C1. The number of nitrogens with one attached hydrogen (secondary N) is 1. The summed E-state index contributed by atoms with van der Waals surface area (Å²) in [5.74, 6) is 0.871. The van der Waals surface area contributed by atoms with E-state index in [1.54, 1.807) is 0 Å². The molecule has 0 aromatic rings. The molecule has 0 radical (unpaired) electrons. The number of likely N-dealkylation sites (N-methyl/N-ethyl adjacent to an activating group) is 1. The van der Waals surface area contributed by atoms with Crippen molar-refractivity contribution in [2.24, 2.45) is 5.92 Å². The van der Waals surface area contributed by atoms with E-state index in [1.165, 1.54) is 58.7 Å². The zero-order chi connectivity index (χ0) is 13.4. The Morgan fingerprint density at radius 2 is 2.00 bits per heavy atom. The van der Waals surface area contributed by atoms with E-state index in [-0.39, 0.29) is 0 Å². The Morgan fingerprint density at radius 3 is 2.61 bits per heavy atom. The fourth-order valence-corrected chi connectivity index (χ4v) is 2.88. The molecular formula is C15H33N3. The minimum absolute atomic E-state index is 0.709. The predicted octanol–water partition coefficient (Wildman–Crippen LogP) is 2.04. The van der Waals surface area contributed by atoms with Crippen LogP contribution in [-0.4, -0.2) is 61.7 Å². The summed E-state index contributed by atoms with van der Waals surface area (Å²) in [6, 6.07) is 0.709. The molecule has 1 N–H and O–H groups in total. The molecule has 3 heteroatoms.